The van der Waals surface area contributed by atoms with E-state index in [0.717, 1.165) is 5.69 Å². The van der Waals surface area contributed by atoms with E-state index in [1.165, 1.54) is 0 Å². The summed E-state index contributed by atoms with van der Waals surface area (Å²) in [7, 11) is 1.80. The molecule has 2 aliphatic heterocycles. The first-order chi connectivity index (χ1) is 13.7. The largest absolute Gasteiger partial charge is 0.481 e. The number of carbonyl (C=O) groups excluding carboxylic acids is 2. The van der Waals surface area contributed by atoms with E-state index in [1.807, 2.05) is 0 Å². The lowest BCUT2D eigenvalue weighted by molar-refractivity contribution is -0.137. The van der Waals surface area contributed by atoms with Crippen LogP contribution in [0.2, 0.25) is 0 Å². The van der Waals surface area contributed by atoms with E-state index in [-0.39, 0.29) is 36.2 Å². The van der Waals surface area contributed by atoms with Gasteiger partial charge >= 0.3 is 12.0 Å². The first kappa shape index (κ1) is 20.6. The molecule has 4 N–H and O–H groups in total. The number of nitrogen functional groups attached to an aromatic ring is 1. The molecule has 2 heterocycles. The number of benzene rings is 1. The highest BCUT2D eigenvalue weighted by Crippen LogP contribution is 2.37. The molecule has 0 radical (unpaired) electrons. The third-order valence-electron chi connectivity index (χ3n) is 6.00. The standard InChI is InChI=1S/C20H27N5O4/c1-23-19(29)25(15-7-5-14(6-8-15)18(21)22)13-20(23)9-11-24(12-10-20)16(26)3-2-4-17(27)28/h5-8H,2-4,9-13H2,1H3,(H3,21,22)(H,27,28). The number of piperidine rings is 1. The van der Waals surface area contributed by atoms with Gasteiger partial charge in [-0.2, -0.15) is 0 Å². The molecule has 2 fully saturated rings. The number of nitrogens with one attached hydrogen (secondary N) is 1. The van der Waals surface area contributed by atoms with Crippen molar-refractivity contribution in [3.8, 4) is 0 Å². The average molecular weight is 401 g/mol. The molecular formula is C20H27N5O4. The maximum Gasteiger partial charge on any atom is 0.324 e. The number of hydrogen-bond donors (Lipinski definition) is 3. The molecule has 9 nitrogen and oxygen atoms in total. The van der Waals surface area contributed by atoms with Gasteiger partial charge in [-0.3, -0.25) is 19.9 Å². The van der Waals surface area contributed by atoms with Crippen LogP contribution < -0.4 is 10.6 Å². The lowest BCUT2D eigenvalue weighted by atomic mass is 9.87. The minimum Gasteiger partial charge on any atom is -0.481 e. The molecular weight excluding hydrogens is 374 g/mol. The van der Waals surface area contributed by atoms with Crippen molar-refractivity contribution in [2.45, 2.75) is 37.6 Å². The lowest BCUT2D eigenvalue weighted by Crippen LogP contribution is -2.54. The Hall–Kier alpha value is -3.10. The molecule has 3 rings (SSSR count). The van der Waals surface area contributed by atoms with E-state index in [0.29, 0.717) is 44.5 Å². The average Bonchev–Trinajstić information content (AvgIpc) is 2.93. The Labute approximate surface area is 169 Å². The summed E-state index contributed by atoms with van der Waals surface area (Å²) in [5.74, 6) is -0.930. The molecule has 1 spiro atoms. The van der Waals surface area contributed by atoms with Gasteiger partial charge in [0.1, 0.15) is 5.84 Å². The number of anilines is 1. The van der Waals surface area contributed by atoms with E-state index >= 15 is 0 Å². The zero-order valence-electron chi connectivity index (χ0n) is 16.6. The van der Waals surface area contributed by atoms with Crippen LogP contribution in [0.1, 0.15) is 37.7 Å². The predicted molar refractivity (Wildman–Crippen MR) is 108 cm³/mol. The summed E-state index contributed by atoms with van der Waals surface area (Å²) in [6, 6.07) is 6.97. The van der Waals surface area contributed by atoms with Gasteiger partial charge in [0, 0.05) is 44.2 Å². The summed E-state index contributed by atoms with van der Waals surface area (Å²) in [6.07, 6.45) is 1.95. The second-order valence-electron chi connectivity index (χ2n) is 7.74. The van der Waals surface area contributed by atoms with Crippen LogP contribution in [0.25, 0.3) is 0 Å². The molecule has 0 saturated carbocycles. The fraction of sp³-hybridized carbons (Fsp3) is 0.500. The third-order valence-corrected chi connectivity index (χ3v) is 6.00. The monoisotopic (exact) mass is 401 g/mol. The molecule has 156 valence electrons. The second kappa shape index (κ2) is 8.10. The second-order valence-corrected chi connectivity index (χ2v) is 7.74. The van der Waals surface area contributed by atoms with Crippen molar-refractivity contribution in [3.05, 3.63) is 29.8 Å². The SMILES string of the molecule is CN1C(=O)N(c2ccc(C(=N)N)cc2)CC12CCN(C(=O)CCCC(=O)O)CC2. The van der Waals surface area contributed by atoms with E-state index in [9.17, 15) is 14.4 Å². The summed E-state index contributed by atoms with van der Waals surface area (Å²) in [5, 5.41) is 16.2. The molecule has 0 atom stereocenters. The smallest absolute Gasteiger partial charge is 0.324 e. The molecule has 2 aliphatic rings. The first-order valence-corrected chi connectivity index (χ1v) is 9.73. The number of amidine groups is 1. The molecule has 0 aliphatic carbocycles. The van der Waals surface area contributed by atoms with Gasteiger partial charge in [0.05, 0.1) is 12.1 Å². The number of carbonyl (C=O) groups is 3. The minimum absolute atomic E-state index is 0.00185. The normalized spacial score (nSPS) is 18.4. The molecule has 0 unspecified atom stereocenters. The summed E-state index contributed by atoms with van der Waals surface area (Å²) < 4.78 is 0. The number of likely N-dealkylation sites (tertiary alicyclic amines) is 1. The number of amides is 3. The third kappa shape index (κ3) is 4.18. The zero-order chi connectivity index (χ0) is 21.2. The number of nitrogens with zero attached hydrogens (tertiary/aromatic N) is 3. The zero-order valence-corrected chi connectivity index (χ0v) is 16.6. The quantitative estimate of drug-likeness (QED) is 0.491. The van der Waals surface area contributed by atoms with Crippen molar-refractivity contribution in [3.63, 3.8) is 0 Å². The van der Waals surface area contributed by atoms with Gasteiger partial charge in [-0.05, 0) is 43.5 Å². The van der Waals surface area contributed by atoms with Crippen LogP contribution in [0, 0.1) is 5.41 Å². The van der Waals surface area contributed by atoms with E-state index in [4.69, 9.17) is 16.2 Å². The lowest BCUT2D eigenvalue weighted by Gasteiger charge is -2.42. The Bertz CT molecular complexity index is 815. The molecule has 2 saturated heterocycles. The molecule has 9 heteroatoms. The van der Waals surface area contributed by atoms with Crippen LogP contribution in [0.4, 0.5) is 10.5 Å². The summed E-state index contributed by atoms with van der Waals surface area (Å²) in [5.41, 5.74) is 6.54. The van der Waals surface area contributed by atoms with Crippen molar-refractivity contribution in [2.24, 2.45) is 5.73 Å². The molecule has 3 amide bonds. The Morgan fingerprint density at radius 2 is 1.79 bits per heavy atom. The number of nitrogens with two attached hydrogens (primary N) is 1. The number of rotatable bonds is 6. The highest BCUT2D eigenvalue weighted by Gasteiger charge is 2.49. The fourth-order valence-corrected chi connectivity index (χ4v) is 4.09. The van der Waals surface area contributed by atoms with Gasteiger partial charge in [0.2, 0.25) is 5.91 Å². The molecule has 0 bridgehead atoms. The Morgan fingerprint density at radius 1 is 1.17 bits per heavy atom. The van der Waals surface area contributed by atoms with Crippen LogP contribution in [0.5, 0.6) is 0 Å². The van der Waals surface area contributed by atoms with Gasteiger partial charge in [-0.25, -0.2) is 4.79 Å². The highest BCUT2D eigenvalue weighted by molar-refractivity contribution is 5.98. The molecule has 0 aromatic heterocycles. The van der Waals surface area contributed by atoms with Crippen molar-refractivity contribution in [1.29, 1.82) is 5.41 Å². The Kier molecular flexibility index (Phi) is 5.76. The fourth-order valence-electron chi connectivity index (χ4n) is 4.09. The predicted octanol–water partition coefficient (Wildman–Crippen LogP) is 1.46. The Balaban J connectivity index is 1.63. The molecule has 1 aromatic carbocycles. The minimum atomic E-state index is -0.891. The van der Waals surface area contributed by atoms with Crippen LogP contribution in [-0.4, -0.2) is 70.9 Å². The topological polar surface area (TPSA) is 131 Å². The summed E-state index contributed by atoms with van der Waals surface area (Å²) in [6.45, 7) is 1.66. The number of likely N-dealkylation sites (N-methyl/N-ethyl adjacent to an activating group) is 1. The van der Waals surface area contributed by atoms with E-state index < -0.39 is 5.97 Å². The van der Waals surface area contributed by atoms with E-state index in [2.05, 4.69) is 0 Å². The first-order valence-electron chi connectivity index (χ1n) is 9.73. The molecule has 29 heavy (non-hydrogen) atoms. The number of urea groups is 1. The van der Waals surface area contributed by atoms with Crippen molar-refractivity contribution in [2.75, 3.05) is 31.6 Å². The van der Waals surface area contributed by atoms with Gasteiger partial charge in [0.25, 0.3) is 0 Å². The number of hydrogen-bond acceptors (Lipinski definition) is 4. The maximum absolute atomic E-state index is 12.9. The molecule has 1 aromatic rings. The van der Waals surface area contributed by atoms with Crippen LogP contribution >= 0.6 is 0 Å². The summed E-state index contributed by atoms with van der Waals surface area (Å²) >= 11 is 0. The van der Waals surface area contributed by atoms with Gasteiger partial charge in [-0.1, -0.05) is 0 Å². The van der Waals surface area contributed by atoms with Crippen molar-refractivity contribution < 1.29 is 19.5 Å². The van der Waals surface area contributed by atoms with Crippen LogP contribution in [0.3, 0.4) is 0 Å². The van der Waals surface area contributed by atoms with Gasteiger partial charge in [-0.15, -0.1) is 0 Å². The Morgan fingerprint density at radius 3 is 2.34 bits per heavy atom. The highest BCUT2D eigenvalue weighted by atomic mass is 16.4. The number of carboxylic acid groups (broad SMARTS) is 1. The van der Waals surface area contributed by atoms with E-state index in [1.54, 1.807) is 46.0 Å². The van der Waals surface area contributed by atoms with Crippen molar-refractivity contribution >= 4 is 29.4 Å². The summed E-state index contributed by atoms with van der Waals surface area (Å²) in [4.78, 5) is 41.1. The van der Waals surface area contributed by atoms with Gasteiger partial charge in [0.15, 0.2) is 0 Å². The van der Waals surface area contributed by atoms with Crippen molar-refractivity contribution in [1.82, 2.24) is 9.80 Å². The van der Waals surface area contributed by atoms with Crippen LogP contribution in [0.15, 0.2) is 24.3 Å². The van der Waals surface area contributed by atoms with Gasteiger partial charge < -0.3 is 20.6 Å². The number of aliphatic carboxylic acids is 1. The van der Waals surface area contributed by atoms with Crippen LogP contribution in [-0.2, 0) is 9.59 Å². The maximum atomic E-state index is 12.9. The number of carboxylic acids is 1.